The molecule has 0 spiro atoms. The van der Waals surface area contributed by atoms with Gasteiger partial charge in [0.25, 0.3) is 5.91 Å². The number of carbonyl (C=O) groups is 1. The molecule has 1 aromatic rings. The molecule has 1 rings (SSSR count). The summed E-state index contributed by atoms with van der Waals surface area (Å²) in [6.07, 6.45) is 0.863. The summed E-state index contributed by atoms with van der Waals surface area (Å²) in [4.78, 5) is 17.7. The fraction of sp³-hybridized carbons (Fsp3) is 0.500. The number of hydrogen-bond donors (Lipinski definition) is 0. The molecule has 0 aliphatic heterocycles. The van der Waals surface area contributed by atoms with Gasteiger partial charge in [-0.25, -0.2) is 4.98 Å². The van der Waals surface area contributed by atoms with E-state index in [9.17, 15) is 4.79 Å². The molecule has 5 heteroatoms. The lowest BCUT2D eigenvalue weighted by atomic mass is 9.99. The van der Waals surface area contributed by atoms with Crippen LogP contribution in [0.25, 0.3) is 0 Å². The molecule has 0 bridgehead atoms. The monoisotopic (exact) mass is 274 g/mol. The van der Waals surface area contributed by atoms with Gasteiger partial charge in [-0.05, 0) is 32.4 Å². The van der Waals surface area contributed by atoms with Crippen molar-refractivity contribution < 1.29 is 4.79 Å². The van der Waals surface area contributed by atoms with Gasteiger partial charge in [0.1, 0.15) is 10.3 Å². The Morgan fingerprint density at radius 2 is 1.82 bits per heavy atom. The molecule has 0 aromatic carbocycles. The Kier molecular flexibility index (Phi) is 4.39. The van der Waals surface area contributed by atoms with Gasteiger partial charge in [-0.3, -0.25) is 4.79 Å². The number of nitrogens with zero attached hydrogens (tertiary/aromatic N) is 2. The van der Waals surface area contributed by atoms with Crippen LogP contribution in [0.3, 0.4) is 0 Å². The molecule has 94 valence electrons. The molecule has 1 heterocycles. The van der Waals surface area contributed by atoms with Crippen molar-refractivity contribution in [2.24, 2.45) is 0 Å². The smallest absolute Gasteiger partial charge is 0.254 e. The molecular formula is C12H16Cl2N2O. The van der Waals surface area contributed by atoms with Gasteiger partial charge in [-0.15, -0.1) is 0 Å². The van der Waals surface area contributed by atoms with Crippen molar-refractivity contribution in [3.05, 3.63) is 28.0 Å². The second kappa shape index (κ2) is 5.23. The van der Waals surface area contributed by atoms with E-state index in [0.717, 1.165) is 6.42 Å². The summed E-state index contributed by atoms with van der Waals surface area (Å²) < 4.78 is 0. The van der Waals surface area contributed by atoms with Crippen molar-refractivity contribution in [3.63, 3.8) is 0 Å². The van der Waals surface area contributed by atoms with Gasteiger partial charge < -0.3 is 4.90 Å². The molecule has 0 saturated carbocycles. The highest BCUT2D eigenvalue weighted by molar-refractivity contribution is 6.33. The van der Waals surface area contributed by atoms with Crippen molar-refractivity contribution in [2.75, 3.05) is 7.05 Å². The average Bonchev–Trinajstić information content (AvgIpc) is 2.25. The third-order valence-electron chi connectivity index (χ3n) is 3.09. The molecular weight excluding hydrogens is 259 g/mol. The van der Waals surface area contributed by atoms with E-state index in [1.807, 2.05) is 20.8 Å². The quantitative estimate of drug-likeness (QED) is 0.789. The Morgan fingerprint density at radius 3 is 2.24 bits per heavy atom. The fourth-order valence-electron chi connectivity index (χ4n) is 1.29. The summed E-state index contributed by atoms with van der Waals surface area (Å²) in [6.45, 7) is 6.06. The van der Waals surface area contributed by atoms with Crippen LogP contribution in [0.5, 0.6) is 0 Å². The molecule has 17 heavy (non-hydrogen) atoms. The maximum absolute atomic E-state index is 12.2. The SMILES string of the molecule is CCC(C)(C)N(C)C(=O)c1cc(Cl)nc(Cl)c1. The van der Waals surface area contributed by atoms with Crippen molar-refractivity contribution in [1.29, 1.82) is 0 Å². The van der Waals surface area contributed by atoms with E-state index in [4.69, 9.17) is 23.2 Å². The molecule has 0 saturated heterocycles. The molecule has 3 nitrogen and oxygen atoms in total. The summed E-state index contributed by atoms with van der Waals surface area (Å²) in [6, 6.07) is 3.05. The van der Waals surface area contributed by atoms with Crippen LogP contribution in [0.4, 0.5) is 0 Å². The van der Waals surface area contributed by atoms with Gasteiger partial charge in [-0.1, -0.05) is 30.1 Å². The van der Waals surface area contributed by atoms with Crippen molar-refractivity contribution in [2.45, 2.75) is 32.7 Å². The summed E-state index contributed by atoms with van der Waals surface area (Å²) in [5, 5.41) is 0.451. The molecule has 0 aliphatic carbocycles. The topological polar surface area (TPSA) is 33.2 Å². The second-order valence-corrected chi connectivity index (χ2v) is 5.31. The highest BCUT2D eigenvalue weighted by Crippen LogP contribution is 2.21. The Hall–Kier alpha value is -0.800. The number of pyridine rings is 1. The molecule has 0 fully saturated rings. The van der Waals surface area contributed by atoms with Gasteiger partial charge in [0, 0.05) is 18.2 Å². The third-order valence-corrected chi connectivity index (χ3v) is 3.47. The van der Waals surface area contributed by atoms with E-state index < -0.39 is 0 Å². The number of aromatic nitrogens is 1. The zero-order valence-corrected chi connectivity index (χ0v) is 11.9. The molecule has 1 amide bonds. The number of hydrogen-bond acceptors (Lipinski definition) is 2. The minimum absolute atomic E-state index is 0.108. The molecule has 0 unspecified atom stereocenters. The third kappa shape index (κ3) is 3.33. The largest absolute Gasteiger partial charge is 0.337 e. The number of carbonyl (C=O) groups excluding carboxylic acids is 1. The molecule has 0 N–H and O–H groups in total. The van der Waals surface area contributed by atoms with Crippen molar-refractivity contribution in [1.82, 2.24) is 9.88 Å². The van der Waals surface area contributed by atoms with E-state index in [1.54, 1.807) is 11.9 Å². The predicted octanol–water partition coefficient (Wildman–Crippen LogP) is 3.65. The van der Waals surface area contributed by atoms with E-state index in [2.05, 4.69) is 4.98 Å². The lowest BCUT2D eigenvalue weighted by molar-refractivity contribution is 0.0620. The normalized spacial score (nSPS) is 11.4. The number of halogens is 2. The molecule has 0 aliphatic rings. The zero-order chi connectivity index (χ0) is 13.2. The molecule has 1 aromatic heterocycles. The number of amides is 1. The van der Waals surface area contributed by atoms with Crippen LogP contribution in [0.15, 0.2) is 12.1 Å². The Bertz CT molecular complexity index is 412. The van der Waals surface area contributed by atoms with E-state index in [1.165, 1.54) is 12.1 Å². The lowest BCUT2D eigenvalue weighted by Crippen LogP contribution is -2.44. The first-order valence-electron chi connectivity index (χ1n) is 5.39. The van der Waals surface area contributed by atoms with Crippen LogP contribution in [0.1, 0.15) is 37.6 Å². The maximum Gasteiger partial charge on any atom is 0.254 e. The van der Waals surface area contributed by atoms with Gasteiger partial charge >= 0.3 is 0 Å². The summed E-state index contributed by atoms with van der Waals surface area (Å²) in [7, 11) is 1.77. The minimum Gasteiger partial charge on any atom is -0.337 e. The summed E-state index contributed by atoms with van der Waals surface area (Å²) in [5.41, 5.74) is 0.248. The Morgan fingerprint density at radius 1 is 1.35 bits per heavy atom. The van der Waals surface area contributed by atoms with Crippen LogP contribution >= 0.6 is 23.2 Å². The summed E-state index contributed by atoms with van der Waals surface area (Å²) in [5.74, 6) is -0.108. The van der Waals surface area contributed by atoms with E-state index in [-0.39, 0.29) is 21.8 Å². The van der Waals surface area contributed by atoms with Crippen LogP contribution < -0.4 is 0 Å². The highest BCUT2D eigenvalue weighted by Gasteiger charge is 2.26. The van der Waals surface area contributed by atoms with E-state index in [0.29, 0.717) is 5.56 Å². The van der Waals surface area contributed by atoms with Crippen molar-refractivity contribution >= 4 is 29.1 Å². The van der Waals surface area contributed by atoms with Crippen LogP contribution in [0, 0.1) is 0 Å². The fourth-order valence-corrected chi connectivity index (χ4v) is 1.75. The van der Waals surface area contributed by atoms with Gasteiger partial charge in [0.15, 0.2) is 0 Å². The Balaban J connectivity index is 3.04. The zero-order valence-electron chi connectivity index (χ0n) is 10.4. The first-order chi connectivity index (χ1) is 7.77. The highest BCUT2D eigenvalue weighted by atomic mass is 35.5. The minimum atomic E-state index is -0.209. The average molecular weight is 275 g/mol. The summed E-state index contributed by atoms with van der Waals surface area (Å²) >= 11 is 11.6. The standard InChI is InChI=1S/C12H16Cl2N2O/c1-5-12(2,3)16(4)11(17)8-6-9(13)15-10(14)7-8/h6-7H,5H2,1-4H3. The van der Waals surface area contributed by atoms with Crippen molar-refractivity contribution in [3.8, 4) is 0 Å². The number of rotatable bonds is 3. The van der Waals surface area contributed by atoms with Gasteiger partial charge in [-0.2, -0.15) is 0 Å². The van der Waals surface area contributed by atoms with Crippen LogP contribution in [-0.4, -0.2) is 28.4 Å². The molecule has 0 atom stereocenters. The predicted molar refractivity (Wildman–Crippen MR) is 70.7 cm³/mol. The molecule has 0 radical (unpaired) electrons. The lowest BCUT2D eigenvalue weighted by Gasteiger charge is -2.34. The van der Waals surface area contributed by atoms with Gasteiger partial charge in [0.05, 0.1) is 0 Å². The van der Waals surface area contributed by atoms with Crippen LogP contribution in [0.2, 0.25) is 10.3 Å². The first-order valence-corrected chi connectivity index (χ1v) is 6.15. The first kappa shape index (κ1) is 14.3. The van der Waals surface area contributed by atoms with Crippen LogP contribution in [-0.2, 0) is 0 Å². The second-order valence-electron chi connectivity index (χ2n) is 4.53. The van der Waals surface area contributed by atoms with Gasteiger partial charge in [0.2, 0.25) is 0 Å². The maximum atomic E-state index is 12.2. The Labute approximate surface area is 112 Å². The van der Waals surface area contributed by atoms with E-state index >= 15 is 0 Å².